The largest absolute Gasteiger partial charge is 0.460 e. The molecule has 28 heavy (non-hydrogen) atoms. The molecule has 0 N–H and O–H groups in total. The van der Waals surface area contributed by atoms with Crippen LogP contribution in [0.3, 0.4) is 0 Å². The molecule has 0 unspecified atom stereocenters. The number of nitro benzene ring substituents is 1. The molecule has 148 valence electrons. The van der Waals surface area contributed by atoms with Gasteiger partial charge in [0.25, 0.3) is 5.69 Å². The number of nitrogens with zero attached hydrogens (tertiary/aromatic N) is 2. The highest BCUT2D eigenvalue weighted by Crippen LogP contribution is 2.28. The minimum absolute atomic E-state index is 0.0620. The summed E-state index contributed by atoms with van der Waals surface area (Å²) in [6, 6.07) is 10.5. The quantitative estimate of drug-likeness (QED) is 0.400. The second kappa shape index (κ2) is 8.26. The van der Waals surface area contributed by atoms with Gasteiger partial charge in [0, 0.05) is 23.7 Å². The van der Waals surface area contributed by atoms with Gasteiger partial charge in [-0.2, -0.15) is 4.31 Å². The predicted molar refractivity (Wildman–Crippen MR) is 101 cm³/mol. The van der Waals surface area contributed by atoms with Crippen molar-refractivity contribution in [2.45, 2.75) is 30.4 Å². The van der Waals surface area contributed by atoms with Gasteiger partial charge in [0.1, 0.15) is 12.6 Å². The Bertz CT molecular complexity index is 976. The third kappa shape index (κ3) is 4.32. The molecule has 0 aromatic heterocycles. The van der Waals surface area contributed by atoms with E-state index in [4.69, 9.17) is 16.3 Å². The van der Waals surface area contributed by atoms with Gasteiger partial charge in [0.2, 0.25) is 10.0 Å². The summed E-state index contributed by atoms with van der Waals surface area (Å²) in [7, 11) is -3.85. The minimum atomic E-state index is -3.85. The van der Waals surface area contributed by atoms with Crippen LogP contribution >= 0.6 is 11.6 Å². The van der Waals surface area contributed by atoms with Crippen LogP contribution in [0.4, 0.5) is 5.69 Å². The highest BCUT2D eigenvalue weighted by Gasteiger charge is 2.40. The van der Waals surface area contributed by atoms with Crippen molar-refractivity contribution in [3.8, 4) is 0 Å². The van der Waals surface area contributed by atoms with Crippen LogP contribution in [-0.2, 0) is 26.2 Å². The maximum atomic E-state index is 12.8. The van der Waals surface area contributed by atoms with E-state index in [0.717, 1.165) is 4.31 Å². The molecule has 1 aliphatic heterocycles. The first-order valence-corrected chi connectivity index (χ1v) is 10.3. The van der Waals surface area contributed by atoms with Gasteiger partial charge in [0.05, 0.1) is 9.82 Å². The maximum Gasteiger partial charge on any atom is 0.324 e. The lowest BCUT2D eigenvalue weighted by molar-refractivity contribution is -0.384. The van der Waals surface area contributed by atoms with Gasteiger partial charge in [-0.3, -0.25) is 14.9 Å². The van der Waals surface area contributed by atoms with E-state index in [2.05, 4.69) is 0 Å². The van der Waals surface area contributed by atoms with Crippen molar-refractivity contribution >= 4 is 33.3 Å². The van der Waals surface area contributed by atoms with Gasteiger partial charge in [0.15, 0.2) is 0 Å². The standard InChI is InChI=1S/C18H17ClN2O6S/c19-14-5-9-16(10-6-14)28(25,26)20-11-1-2-17(20)18(22)27-12-13-3-7-15(8-4-13)21(23)24/h3-10,17H,1-2,11-12H2/t17-/m1/s1. The molecule has 2 aromatic rings. The van der Waals surface area contributed by atoms with Crippen LogP contribution in [0, 0.1) is 10.1 Å². The Balaban J connectivity index is 1.69. The van der Waals surface area contributed by atoms with Gasteiger partial charge in [-0.05, 0) is 54.8 Å². The van der Waals surface area contributed by atoms with Crippen LogP contribution in [0.5, 0.6) is 0 Å². The summed E-state index contributed by atoms with van der Waals surface area (Å²) in [5.74, 6) is -0.645. The van der Waals surface area contributed by atoms with Crippen molar-refractivity contribution in [3.63, 3.8) is 0 Å². The smallest absolute Gasteiger partial charge is 0.324 e. The lowest BCUT2D eigenvalue weighted by Gasteiger charge is -2.22. The molecule has 10 heteroatoms. The maximum absolute atomic E-state index is 12.8. The molecule has 0 radical (unpaired) electrons. The van der Waals surface area contributed by atoms with E-state index in [0.29, 0.717) is 23.4 Å². The first-order valence-electron chi connectivity index (χ1n) is 8.46. The fraction of sp³-hybridized carbons (Fsp3) is 0.278. The van der Waals surface area contributed by atoms with Crippen LogP contribution in [0.1, 0.15) is 18.4 Å². The van der Waals surface area contributed by atoms with Crippen LogP contribution < -0.4 is 0 Å². The van der Waals surface area contributed by atoms with Crippen LogP contribution in [0.15, 0.2) is 53.4 Å². The highest BCUT2D eigenvalue weighted by atomic mass is 35.5. The zero-order chi connectivity index (χ0) is 20.3. The number of carbonyl (C=O) groups excluding carboxylic acids is 1. The summed E-state index contributed by atoms with van der Waals surface area (Å²) in [5, 5.41) is 11.1. The van der Waals surface area contributed by atoms with Crippen LogP contribution in [0.25, 0.3) is 0 Å². The summed E-state index contributed by atoms with van der Waals surface area (Å²) >= 11 is 5.81. The molecular formula is C18H17ClN2O6S. The third-order valence-electron chi connectivity index (χ3n) is 4.42. The van der Waals surface area contributed by atoms with Gasteiger partial charge in [-0.15, -0.1) is 0 Å². The zero-order valence-electron chi connectivity index (χ0n) is 14.7. The SMILES string of the molecule is O=C(OCc1ccc([N+](=O)[O-])cc1)[C@H]1CCCN1S(=O)(=O)c1ccc(Cl)cc1. The van der Waals surface area contributed by atoms with Crippen molar-refractivity contribution in [3.05, 3.63) is 69.2 Å². The predicted octanol–water partition coefficient (Wildman–Crippen LogP) is 3.14. The second-order valence-electron chi connectivity index (χ2n) is 6.26. The van der Waals surface area contributed by atoms with E-state index < -0.39 is 27.0 Å². The molecule has 0 spiro atoms. The molecular weight excluding hydrogens is 408 g/mol. The van der Waals surface area contributed by atoms with Crippen LogP contribution in [0.2, 0.25) is 5.02 Å². The summed E-state index contributed by atoms with van der Waals surface area (Å²) in [5.41, 5.74) is 0.509. The van der Waals surface area contributed by atoms with Gasteiger partial charge < -0.3 is 4.74 Å². The molecule has 1 saturated heterocycles. The van der Waals surface area contributed by atoms with Crippen molar-refractivity contribution < 1.29 is 22.9 Å². The number of non-ortho nitro benzene ring substituents is 1. The number of nitro groups is 1. The monoisotopic (exact) mass is 424 g/mol. The topological polar surface area (TPSA) is 107 Å². The molecule has 3 rings (SSSR count). The number of esters is 1. The zero-order valence-corrected chi connectivity index (χ0v) is 16.2. The second-order valence-corrected chi connectivity index (χ2v) is 8.59. The Hall–Kier alpha value is -2.49. The van der Waals surface area contributed by atoms with Gasteiger partial charge in [-0.25, -0.2) is 8.42 Å². The first kappa shape index (κ1) is 20.2. The Morgan fingerprint density at radius 1 is 1.18 bits per heavy atom. The number of hydrogen-bond donors (Lipinski definition) is 0. The van der Waals surface area contributed by atoms with E-state index in [1.165, 1.54) is 48.5 Å². The molecule has 1 aliphatic rings. The van der Waals surface area contributed by atoms with Crippen molar-refractivity contribution in [2.24, 2.45) is 0 Å². The van der Waals surface area contributed by atoms with Crippen LogP contribution in [-0.4, -0.2) is 36.2 Å². The summed E-state index contributed by atoms with van der Waals surface area (Å²) < 4.78 is 32.1. The molecule has 0 aliphatic carbocycles. The fourth-order valence-corrected chi connectivity index (χ4v) is 4.74. The van der Waals surface area contributed by atoms with Crippen molar-refractivity contribution in [1.29, 1.82) is 0 Å². The number of carbonyl (C=O) groups is 1. The van der Waals surface area contributed by atoms with Gasteiger partial charge >= 0.3 is 5.97 Å². The highest BCUT2D eigenvalue weighted by molar-refractivity contribution is 7.89. The molecule has 1 heterocycles. The average molecular weight is 425 g/mol. The van der Waals surface area contributed by atoms with E-state index in [1.54, 1.807) is 0 Å². The Labute approximate surface area is 166 Å². The molecule has 0 amide bonds. The number of ether oxygens (including phenoxy) is 1. The summed E-state index contributed by atoms with van der Waals surface area (Å²) in [4.78, 5) is 22.7. The fourth-order valence-electron chi connectivity index (χ4n) is 2.97. The lowest BCUT2D eigenvalue weighted by atomic mass is 10.2. The number of sulfonamides is 1. The van der Waals surface area contributed by atoms with E-state index in [-0.39, 0.29) is 23.7 Å². The molecule has 0 bridgehead atoms. The lowest BCUT2D eigenvalue weighted by Crippen LogP contribution is -2.41. The van der Waals surface area contributed by atoms with E-state index in [1.807, 2.05) is 0 Å². The number of halogens is 1. The molecule has 8 nitrogen and oxygen atoms in total. The Kier molecular flexibility index (Phi) is 5.97. The third-order valence-corrected chi connectivity index (χ3v) is 6.60. The molecule has 1 fully saturated rings. The first-order chi connectivity index (χ1) is 13.3. The molecule has 0 saturated carbocycles. The normalized spacial score (nSPS) is 17.4. The van der Waals surface area contributed by atoms with Crippen molar-refractivity contribution in [1.82, 2.24) is 4.31 Å². The summed E-state index contributed by atoms with van der Waals surface area (Å²) in [6.45, 7) is 0.129. The number of hydrogen-bond acceptors (Lipinski definition) is 6. The molecule has 2 aromatic carbocycles. The number of benzene rings is 2. The number of rotatable bonds is 6. The summed E-state index contributed by atoms with van der Waals surface area (Å²) in [6.07, 6.45) is 0.913. The van der Waals surface area contributed by atoms with Gasteiger partial charge in [-0.1, -0.05) is 11.6 Å². The van der Waals surface area contributed by atoms with E-state index >= 15 is 0 Å². The Morgan fingerprint density at radius 3 is 2.43 bits per heavy atom. The van der Waals surface area contributed by atoms with E-state index in [9.17, 15) is 23.3 Å². The minimum Gasteiger partial charge on any atom is -0.460 e. The van der Waals surface area contributed by atoms with Crippen molar-refractivity contribution in [2.75, 3.05) is 6.54 Å². The Morgan fingerprint density at radius 2 is 1.82 bits per heavy atom. The molecule has 1 atom stereocenters. The average Bonchev–Trinajstić information content (AvgIpc) is 3.17.